The fourth-order valence-corrected chi connectivity index (χ4v) is 6.29. The van der Waals surface area contributed by atoms with Crippen molar-refractivity contribution < 1.29 is 17.6 Å². The SMILES string of the molecule is CC(C)NC1=C(C(=N)c2cc(C#N)ccc2F)CCC(C(=O)NC2(C)CS(=O)(=O)C2)C1. The van der Waals surface area contributed by atoms with Crippen molar-refractivity contribution in [3.05, 3.63) is 46.4 Å². The Morgan fingerprint density at radius 1 is 1.35 bits per heavy atom. The number of amides is 1. The largest absolute Gasteiger partial charge is 0.386 e. The van der Waals surface area contributed by atoms with Crippen molar-refractivity contribution in [1.29, 1.82) is 10.7 Å². The lowest BCUT2D eigenvalue weighted by molar-refractivity contribution is -0.126. The maximum atomic E-state index is 14.4. The number of hydrogen-bond donors (Lipinski definition) is 3. The van der Waals surface area contributed by atoms with E-state index in [9.17, 15) is 17.6 Å². The number of hydrogen-bond acceptors (Lipinski definition) is 6. The standard InChI is InChI=1S/C22H27FN4O3S/c1-13(2)26-19-9-15(21(28)27-22(3)11-31(29,30)12-22)5-6-16(19)20(25)17-8-14(10-24)4-7-18(17)23/h4,7-8,13,15,25-26H,5-6,9,11-12H2,1-3H3,(H,27,28). The van der Waals surface area contributed by atoms with Gasteiger partial charge in [-0.25, -0.2) is 12.8 Å². The van der Waals surface area contributed by atoms with E-state index in [-0.39, 0.29) is 46.2 Å². The molecule has 2 aliphatic rings. The molecule has 0 saturated carbocycles. The van der Waals surface area contributed by atoms with Crippen LogP contribution >= 0.6 is 0 Å². The molecule has 0 spiro atoms. The van der Waals surface area contributed by atoms with Crippen molar-refractivity contribution >= 4 is 21.5 Å². The van der Waals surface area contributed by atoms with Gasteiger partial charge in [-0.05, 0) is 63.8 Å². The Morgan fingerprint density at radius 2 is 2.03 bits per heavy atom. The van der Waals surface area contributed by atoms with Gasteiger partial charge in [-0.3, -0.25) is 10.2 Å². The third-order valence-corrected chi connectivity index (χ3v) is 7.71. The second kappa shape index (κ2) is 8.42. The summed E-state index contributed by atoms with van der Waals surface area (Å²) in [6, 6.07) is 5.94. The summed E-state index contributed by atoms with van der Waals surface area (Å²) in [5.41, 5.74) is 0.945. The molecule has 0 bridgehead atoms. The Labute approximate surface area is 182 Å². The molecule has 1 amide bonds. The van der Waals surface area contributed by atoms with Crippen LogP contribution in [0.1, 0.15) is 51.2 Å². The van der Waals surface area contributed by atoms with Gasteiger partial charge in [0.1, 0.15) is 5.82 Å². The number of nitriles is 1. The van der Waals surface area contributed by atoms with Gasteiger partial charge in [0.15, 0.2) is 9.84 Å². The van der Waals surface area contributed by atoms with Crippen LogP contribution in [0.3, 0.4) is 0 Å². The highest BCUT2D eigenvalue weighted by atomic mass is 32.2. The van der Waals surface area contributed by atoms with Crippen LogP contribution in [0.5, 0.6) is 0 Å². The topological polar surface area (TPSA) is 123 Å². The number of carbonyl (C=O) groups excluding carboxylic acids is 1. The lowest BCUT2D eigenvalue weighted by atomic mass is 9.82. The minimum atomic E-state index is -3.08. The molecule has 0 aromatic heterocycles. The molecule has 1 aromatic rings. The van der Waals surface area contributed by atoms with Crippen LogP contribution in [0.4, 0.5) is 4.39 Å². The van der Waals surface area contributed by atoms with Gasteiger partial charge in [0.05, 0.1) is 34.4 Å². The fourth-order valence-electron chi connectivity index (χ4n) is 4.28. The number of nitrogens with zero attached hydrogens (tertiary/aromatic N) is 1. The number of sulfone groups is 1. The van der Waals surface area contributed by atoms with Crippen molar-refractivity contribution in [2.75, 3.05) is 11.5 Å². The molecule has 1 fully saturated rings. The highest BCUT2D eigenvalue weighted by Crippen LogP contribution is 2.33. The molecule has 1 unspecified atom stereocenters. The van der Waals surface area contributed by atoms with E-state index in [0.717, 1.165) is 0 Å². The van der Waals surface area contributed by atoms with Gasteiger partial charge in [0.2, 0.25) is 5.91 Å². The Hall–Kier alpha value is -2.73. The lowest BCUT2D eigenvalue weighted by Crippen LogP contribution is -2.64. The van der Waals surface area contributed by atoms with Crippen LogP contribution in [-0.2, 0) is 14.6 Å². The number of nitrogens with one attached hydrogen (secondary N) is 3. The zero-order chi connectivity index (χ0) is 23.0. The normalized spacial score (nSPS) is 21.7. The molecule has 3 N–H and O–H groups in total. The van der Waals surface area contributed by atoms with Crippen molar-refractivity contribution in [2.24, 2.45) is 5.92 Å². The first kappa shape index (κ1) is 22.9. The lowest BCUT2D eigenvalue weighted by Gasteiger charge is -2.40. The zero-order valence-electron chi connectivity index (χ0n) is 17.9. The molecule has 9 heteroatoms. The third kappa shape index (κ3) is 5.13. The van der Waals surface area contributed by atoms with Gasteiger partial charge in [-0.15, -0.1) is 0 Å². The summed E-state index contributed by atoms with van der Waals surface area (Å²) in [6.45, 7) is 5.61. The van der Waals surface area contributed by atoms with E-state index in [1.165, 1.54) is 18.2 Å². The average molecular weight is 447 g/mol. The molecular weight excluding hydrogens is 419 g/mol. The van der Waals surface area contributed by atoms with Gasteiger partial charge in [0.25, 0.3) is 0 Å². The molecule has 1 aliphatic heterocycles. The Bertz CT molecular complexity index is 1090. The molecule has 1 aromatic carbocycles. The Balaban J connectivity index is 1.83. The third-order valence-electron chi connectivity index (χ3n) is 5.56. The number of halogens is 1. The van der Waals surface area contributed by atoms with Gasteiger partial charge in [0, 0.05) is 23.2 Å². The summed E-state index contributed by atoms with van der Waals surface area (Å²) >= 11 is 0. The first-order valence-electron chi connectivity index (χ1n) is 10.2. The molecular formula is C22H27FN4O3S. The maximum Gasteiger partial charge on any atom is 0.223 e. The Kier molecular flexibility index (Phi) is 6.23. The molecule has 3 rings (SSSR count). The van der Waals surface area contributed by atoms with E-state index in [0.29, 0.717) is 30.5 Å². The molecule has 1 saturated heterocycles. The van der Waals surface area contributed by atoms with Crippen LogP contribution in [0.15, 0.2) is 29.5 Å². The number of carbonyl (C=O) groups is 1. The molecule has 1 aliphatic carbocycles. The van der Waals surface area contributed by atoms with E-state index < -0.39 is 21.2 Å². The minimum absolute atomic E-state index is 0.00802. The van der Waals surface area contributed by atoms with Gasteiger partial charge in [-0.2, -0.15) is 5.26 Å². The zero-order valence-corrected chi connectivity index (χ0v) is 18.7. The van der Waals surface area contributed by atoms with Crippen LogP contribution in [0, 0.1) is 28.5 Å². The van der Waals surface area contributed by atoms with Gasteiger partial charge >= 0.3 is 0 Å². The highest BCUT2D eigenvalue weighted by Gasteiger charge is 2.46. The average Bonchev–Trinajstić information content (AvgIpc) is 2.65. The molecule has 166 valence electrons. The summed E-state index contributed by atoms with van der Waals surface area (Å²) in [5.74, 6) is -1.26. The molecule has 7 nitrogen and oxygen atoms in total. The van der Waals surface area contributed by atoms with E-state index in [1.54, 1.807) is 6.92 Å². The summed E-state index contributed by atoms with van der Waals surface area (Å²) in [6.07, 6.45) is 1.22. The predicted molar refractivity (Wildman–Crippen MR) is 116 cm³/mol. The van der Waals surface area contributed by atoms with Crippen molar-refractivity contribution in [2.45, 2.75) is 51.6 Å². The maximum absolute atomic E-state index is 14.4. The summed E-state index contributed by atoms with van der Waals surface area (Å²) in [4.78, 5) is 12.8. The highest BCUT2D eigenvalue weighted by molar-refractivity contribution is 7.93. The second-order valence-corrected chi connectivity index (χ2v) is 11.0. The first-order chi connectivity index (χ1) is 14.4. The van der Waals surface area contributed by atoms with E-state index in [2.05, 4.69) is 10.6 Å². The van der Waals surface area contributed by atoms with Crippen LogP contribution < -0.4 is 10.6 Å². The quantitative estimate of drug-likeness (QED) is 0.579. The monoisotopic (exact) mass is 446 g/mol. The predicted octanol–water partition coefficient (Wildman–Crippen LogP) is 2.42. The van der Waals surface area contributed by atoms with Crippen molar-refractivity contribution in [3.63, 3.8) is 0 Å². The van der Waals surface area contributed by atoms with Crippen molar-refractivity contribution in [3.8, 4) is 6.07 Å². The van der Waals surface area contributed by atoms with Crippen LogP contribution in [-0.4, -0.2) is 43.1 Å². The summed E-state index contributed by atoms with van der Waals surface area (Å²) in [5, 5.41) is 23.9. The minimum Gasteiger partial charge on any atom is -0.386 e. The summed E-state index contributed by atoms with van der Waals surface area (Å²) < 4.78 is 37.4. The number of allylic oxidation sites excluding steroid dienone is 2. The van der Waals surface area contributed by atoms with Crippen LogP contribution in [0.2, 0.25) is 0 Å². The van der Waals surface area contributed by atoms with Gasteiger partial charge < -0.3 is 10.6 Å². The summed E-state index contributed by atoms with van der Waals surface area (Å²) in [7, 11) is -3.08. The molecule has 31 heavy (non-hydrogen) atoms. The fraction of sp³-hybridized carbons (Fsp3) is 0.500. The van der Waals surface area contributed by atoms with Gasteiger partial charge in [-0.1, -0.05) is 0 Å². The Morgan fingerprint density at radius 3 is 2.61 bits per heavy atom. The second-order valence-electron chi connectivity index (χ2n) is 8.96. The van der Waals surface area contributed by atoms with Crippen molar-refractivity contribution in [1.82, 2.24) is 10.6 Å². The van der Waals surface area contributed by atoms with E-state index in [4.69, 9.17) is 10.7 Å². The number of rotatable bonds is 6. The first-order valence-corrected chi connectivity index (χ1v) is 12.0. The molecule has 1 atom stereocenters. The smallest absolute Gasteiger partial charge is 0.223 e. The van der Waals surface area contributed by atoms with Crippen LogP contribution in [0.25, 0.3) is 0 Å². The molecule has 1 heterocycles. The number of benzene rings is 1. The van der Waals surface area contributed by atoms with E-state index in [1.807, 2.05) is 19.9 Å². The van der Waals surface area contributed by atoms with E-state index >= 15 is 0 Å². The molecule has 0 radical (unpaired) electrons.